The number of pyridine rings is 1. The van der Waals surface area contributed by atoms with E-state index >= 15 is 0 Å². The normalized spacial score (nSPS) is 15.0. The maximum Gasteiger partial charge on any atom is 0.270 e. The lowest BCUT2D eigenvalue weighted by Gasteiger charge is -2.30. The Bertz CT molecular complexity index is 1230. The summed E-state index contributed by atoms with van der Waals surface area (Å²) < 4.78 is 2.39. The zero-order valence-electron chi connectivity index (χ0n) is 21.5. The molecule has 36 heavy (non-hydrogen) atoms. The van der Waals surface area contributed by atoms with E-state index in [2.05, 4.69) is 29.6 Å². The van der Waals surface area contributed by atoms with Gasteiger partial charge in [0.15, 0.2) is 11.9 Å². The van der Waals surface area contributed by atoms with Gasteiger partial charge in [-0.05, 0) is 54.0 Å². The smallest absolute Gasteiger partial charge is 0.270 e. The summed E-state index contributed by atoms with van der Waals surface area (Å²) in [6.07, 6.45) is 8.20. The number of rotatable bonds is 7. The molecule has 3 aromatic rings. The first kappa shape index (κ1) is 25.4. The van der Waals surface area contributed by atoms with Crippen molar-refractivity contribution in [3.05, 3.63) is 71.0 Å². The molecule has 0 saturated heterocycles. The molecule has 2 heterocycles. The predicted molar refractivity (Wildman–Crippen MR) is 139 cm³/mol. The Kier molecular flexibility index (Phi) is 7.72. The van der Waals surface area contributed by atoms with Crippen LogP contribution >= 0.6 is 0 Å². The average Bonchev–Trinajstić information content (AvgIpc) is 3.31. The van der Waals surface area contributed by atoms with Crippen LogP contribution in [0.2, 0.25) is 0 Å². The highest BCUT2D eigenvalue weighted by Crippen LogP contribution is 2.32. The fourth-order valence-electron chi connectivity index (χ4n) is 5.14. The van der Waals surface area contributed by atoms with Crippen molar-refractivity contribution in [3.63, 3.8) is 0 Å². The number of hydrogen-bond donors (Lipinski definition) is 2. The standard InChI is InChI=1S/C28H35N5O3/c1-18(2)23-15-17-33(36)19(3)25(23)20-10-12-22(13-11-20)30-28(35)26(21-8-6-5-7-9-21)31-27(34)24-14-16-29-32(24)4/h10-18,21,26H,5-9H2,1-4H3,(H,30,35)(H,31,34)/t26-/m0/s1. The maximum atomic E-state index is 13.4. The van der Waals surface area contributed by atoms with Crippen LogP contribution in [0, 0.1) is 18.0 Å². The summed E-state index contributed by atoms with van der Waals surface area (Å²) in [5.41, 5.74) is 4.66. The lowest BCUT2D eigenvalue weighted by atomic mass is 9.83. The second-order valence-corrected chi connectivity index (χ2v) is 9.97. The Morgan fingerprint density at radius 3 is 2.39 bits per heavy atom. The minimum atomic E-state index is -0.629. The third-order valence-corrected chi connectivity index (χ3v) is 7.18. The minimum absolute atomic E-state index is 0.0864. The first-order valence-corrected chi connectivity index (χ1v) is 12.7. The summed E-state index contributed by atoms with van der Waals surface area (Å²) in [6, 6.07) is 10.4. The van der Waals surface area contributed by atoms with Crippen LogP contribution in [-0.2, 0) is 11.8 Å². The molecule has 2 aromatic heterocycles. The largest absolute Gasteiger partial charge is 0.618 e. The van der Waals surface area contributed by atoms with Crippen molar-refractivity contribution >= 4 is 17.5 Å². The first-order chi connectivity index (χ1) is 17.3. The summed E-state index contributed by atoms with van der Waals surface area (Å²) in [7, 11) is 1.71. The second kappa shape index (κ2) is 10.9. The van der Waals surface area contributed by atoms with E-state index < -0.39 is 6.04 Å². The zero-order chi connectivity index (χ0) is 25.8. The quantitative estimate of drug-likeness (QED) is 0.377. The monoisotopic (exact) mass is 489 g/mol. The zero-order valence-corrected chi connectivity index (χ0v) is 21.5. The molecule has 2 N–H and O–H groups in total. The van der Waals surface area contributed by atoms with Crippen LogP contribution in [0.5, 0.6) is 0 Å². The molecule has 1 atom stereocenters. The summed E-state index contributed by atoms with van der Waals surface area (Å²) in [6.45, 7) is 6.03. The van der Waals surface area contributed by atoms with Gasteiger partial charge in [0, 0.05) is 31.9 Å². The average molecular weight is 490 g/mol. The van der Waals surface area contributed by atoms with Gasteiger partial charge in [-0.3, -0.25) is 14.3 Å². The molecule has 1 fully saturated rings. The highest BCUT2D eigenvalue weighted by Gasteiger charge is 2.32. The van der Waals surface area contributed by atoms with E-state index in [1.54, 1.807) is 25.5 Å². The summed E-state index contributed by atoms with van der Waals surface area (Å²) in [5.74, 6) is -0.175. The lowest BCUT2D eigenvalue weighted by molar-refractivity contribution is -0.611. The summed E-state index contributed by atoms with van der Waals surface area (Å²) in [5, 5.41) is 22.3. The molecule has 8 nitrogen and oxygen atoms in total. The number of nitrogens with zero attached hydrogens (tertiary/aromatic N) is 3. The molecule has 4 rings (SSSR count). The van der Waals surface area contributed by atoms with E-state index in [0.717, 1.165) is 53.5 Å². The maximum absolute atomic E-state index is 13.4. The van der Waals surface area contributed by atoms with Crippen LogP contribution in [0.15, 0.2) is 48.8 Å². The highest BCUT2D eigenvalue weighted by molar-refractivity contribution is 6.00. The first-order valence-electron chi connectivity index (χ1n) is 12.7. The molecule has 2 amide bonds. The SMILES string of the molecule is Cc1c(-c2ccc(NC(=O)[C@@H](NC(=O)c3ccnn3C)C3CCCCC3)cc2)c(C(C)C)cc[n+]1[O-]. The number of amides is 2. The second-order valence-electron chi connectivity index (χ2n) is 9.97. The van der Waals surface area contributed by atoms with Gasteiger partial charge in [-0.25, -0.2) is 0 Å². The number of aryl methyl sites for hydroxylation is 1. The molecular weight excluding hydrogens is 454 g/mol. The Morgan fingerprint density at radius 1 is 1.08 bits per heavy atom. The Balaban J connectivity index is 1.55. The molecule has 1 aliphatic rings. The number of carbonyl (C=O) groups is 2. The van der Waals surface area contributed by atoms with Gasteiger partial charge in [0.1, 0.15) is 11.7 Å². The van der Waals surface area contributed by atoms with Gasteiger partial charge in [-0.2, -0.15) is 9.83 Å². The van der Waals surface area contributed by atoms with Gasteiger partial charge in [0.2, 0.25) is 5.91 Å². The molecule has 1 saturated carbocycles. The summed E-state index contributed by atoms with van der Waals surface area (Å²) >= 11 is 0. The Morgan fingerprint density at radius 2 is 1.78 bits per heavy atom. The molecule has 1 aliphatic carbocycles. The number of carbonyl (C=O) groups excluding carboxylic acids is 2. The Labute approximate surface area is 212 Å². The number of nitrogens with one attached hydrogen (secondary N) is 2. The van der Waals surface area contributed by atoms with Crippen molar-refractivity contribution in [1.29, 1.82) is 0 Å². The highest BCUT2D eigenvalue weighted by atomic mass is 16.5. The van der Waals surface area contributed by atoms with Crippen molar-refractivity contribution in [3.8, 4) is 11.1 Å². The number of hydrogen-bond acceptors (Lipinski definition) is 4. The number of aromatic nitrogens is 3. The molecule has 0 radical (unpaired) electrons. The molecule has 8 heteroatoms. The molecular formula is C28H35N5O3. The van der Waals surface area contributed by atoms with Crippen LogP contribution in [-0.4, -0.2) is 27.6 Å². The van der Waals surface area contributed by atoms with Crippen LogP contribution in [0.3, 0.4) is 0 Å². The van der Waals surface area contributed by atoms with Gasteiger partial charge in [-0.15, -0.1) is 0 Å². The summed E-state index contributed by atoms with van der Waals surface area (Å²) in [4.78, 5) is 26.3. The van der Waals surface area contributed by atoms with E-state index in [1.807, 2.05) is 37.3 Å². The fourth-order valence-corrected chi connectivity index (χ4v) is 5.14. The molecule has 0 aliphatic heterocycles. The third-order valence-electron chi connectivity index (χ3n) is 7.18. The van der Waals surface area contributed by atoms with E-state index in [-0.39, 0.29) is 23.7 Å². The topological polar surface area (TPSA) is 103 Å². The van der Waals surface area contributed by atoms with Crippen LogP contribution in [0.4, 0.5) is 5.69 Å². The lowest BCUT2D eigenvalue weighted by Crippen LogP contribution is -2.49. The van der Waals surface area contributed by atoms with Crippen molar-refractivity contribution in [2.24, 2.45) is 13.0 Å². The van der Waals surface area contributed by atoms with Crippen LogP contribution in [0.25, 0.3) is 11.1 Å². The predicted octanol–water partition coefficient (Wildman–Crippen LogP) is 4.47. The van der Waals surface area contributed by atoms with Crippen molar-refractivity contribution < 1.29 is 14.3 Å². The molecule has 1 aromatic carbocycles. The van der Waals surface area contributed by atoms with E-state index in [4.69, 9.17) is 0 Å². The number of benzene rings is 1. The van der Waals surface area contributed by atoms with Gasteiger partial charge < -0.3 is 15.8 Å². The molecule has 0 spiro atoms. The fraction of sp³-hybridized carbons (Fsp3) is 0.429. The van der Waals surface area contributed by atoms with Crippen molar-refractivity contribution in [2.45, 2.75) is 64.8 Å². The third kappa shape index (κ3) is 5.42. The number of anilines is 1. The van der Waals surface area contributed by atoms with Gasteiger partial charge in [-0.1, -0.05) is 45.2 Å². The van der Waals surface area contributed by atoms with Crippen LogP contribution in [0.1, 0.15) is 73.6 Å². The van der Waals surface area contributed by atoms with Gasteiger partial charge in [0.05, 0.1) is 5.56 Å². The Hall–Kier alpha value is -3.68. The van der Waals surface area contributed by atoms with Crippen molar-refractivity contribution in [2.75, 3.05) is 5.32 Å². The van der Waals surface area contributed by atoms with E-state index in [9.17, 15) is 14.8 Å². The molecule has 190 valence electrons. The van der Waals surface area contributed by atoms with E-state index in [0.29, 0.717) is 17.1 Å². The van der Waals surface area contributed by atoms with Gasteiger partial charge in [0.25, 0.3) is 5.91 Å². The minimum Gasteiger partial charge on any atom is -0.618 e. The van der Waals surface area contributed by atoms with Crippen molar-refractivity contribution in [1.82, 2.24) is 15.1 Å². The van der Waals surface area contributed by atoms with E-state index in [1.165, 1.54) is 4.68 Å². The van der Waals surface area contributed by atoms with Gasteiger partial charge >= 0.3 is 0 Å². The van der Waals surface area contributed by atoms with Crippen LogP contribution < -0.4 is 15.4 Å². The molecule has 0 bridgehead atoms. The molecule has 0 unspecified atom stereocenters.